The maximum absolute atomic E-state index is 9.91. The Morgan fingerprint density at radius 2 is 1.92 bits per heavy atom. The fourth-order valence-corrected chi connectivity index (χ4v) is 3.29. The Morgan fingerprint density at radius 1 is 1.12 bits per heavy atom. The summed E-state index contributed by atoms with van der Waals surface area (Å²) in [6, 6.07) is 18.3. The number of hydrogen-bond donors (Lipinski definition) is 1. The Hall–Kier alpha value is -2.59. The van der Waals surface area contributed by atoms with E-state index in [0.717, 1.165) is 46.6 Å². The van der Waals surface area contributed by atoms with Gasteiger partial charge in [0.05, 0.1) is 24.4 Å². The molecule has 3 aromatic rings. The van der Waals surface area contributed by atoms with Crippen LogP contribution in [0.15, 0.2) is 54.6 Å². The summed E-state index contributed by atoms with van der Waals surface area (Å²) in [4.78, 5) is 7.07. The highest BCUT2D eigenvalue weighted by atomic mass is 16.5. The minimum absolute atomic E-state index is 0.249. The van der Waals surface area contributed by atoms with E-state index in [-0.39, 0.29) is 6.10 Å². The molecule has 0 radical (unpaired) electrons. The zero-order valence-electron chi connectivity index (χ0n) is 13.6. The van der Waals surface area contributed by atoms with E-state index in [9.17, 15) is 5.11 Å². The predicted molar refractivity (Wildman–Crippen MR) is 96.6 cm³/mol. The molecule has 1 aliphatic heterocycles. The molecular formula is C20H20N2O2. The van der Waals surface area contributed by atoms with Crippen molar-refractivity contribution < 1.29 is 9.84 Å². The van der Waals surface area contributed by atoms with E-state index >= 15 is 0 Å². The van der Waals surface area contributed by atoms with Crippen molar-refractivity contribution in [2.75, 3.05) is 25.1 Å². The van der Waals surface area contributed by atoms with Crippen LogP contribution in [-0.4, -0.2) is 36.4 Å². The molecule has 1 atom stereocenters. The van der Waals surface area contributed by atoms with Crippen molar-refractivity contribution in [2.24, 2.45) is 0 Å². The lowest BCUT2D eigenvalue weighted by atomic mass is 10.1. The number of nitrogens with zero attached hydrogens (tertiary/aromatic N) is 2. The molecule has 4 rings (SSSR count). The van der Waals surface area contributed by atoms with Crippen molar-refractivity contribution in [3.05, 3.63) is 54.6 Å². The number of ether oxygens (including phenoxy) is 1. The number of pyridine rings is 1. The summed E-state index contributed by atoms with van der Waals surface area (Å²) in [5.74, 6) is 0.836. The van der Waals surface area contributed by atoms with E-state index in [2.05, 4.69) is 17.0 Å². The van der Waals surface area contributed by atoms with Gasteiger partial charge in [-0.3, -0.25) is 0 Å². The van der Waals surface area contributed by atoms with Crippen LogP contribution >= 0.6 is 0 Å². The quantitative estimate of drug-likeness (QED) is 0.802. The van der Waals surface area contributed by atoms with Crippen molar-refractivity contribution in [1.82, 2.24) is 4.98 Å². The van der Waals surface area contributed by atoms with Gasteiger partial charge in [-0.05, 0) is 42.8 Å². The van der Waals surface area contributed by atoms with Gasteiger partial charge >= 0.3 is 0 Å². The summed E-state index contributed by atoms with van der Waals surface area (Å²) >= 11 is 0. The summed E-state index contributed by atoms with van der Waals surface area (Å²) in [6.07, 6.45) is 0.565. The molecule has 122 valence electrons. The molecule has 24 heavy (non-hydrogen) atoms. The van der Waals surface area contributed by atoms with Crippen LogP contribution in [0.3, 0.4) is 0 Å². The lowest BCUT2D eigenvalue weighted by Crippen LogP contribution is -2.21. The lowest BCUT2D eigenvalue weighted by molar-refractivity contribution is 0.198. The number of rotatable bonds is 3. The van der Waals surface area contributed by atoms with Crippen molar-refractivity contribution in [1.29, 1.82) is 0 Å². The molecule has 0 unspecified atom stereocenters. The number of aliphatic hydroxyl groups is 1. The zero-order valence-corrected chi connectivity index (χ0v) is 13.6. The second-order valence-corrected chi connectivity index (χ2v) is 6.16. The topological polar surface area (TPSA) is 45.6 Å². The van der Waals surface area contributed by atoms with E-state index in [1.807, 2.05) is 42.5 Å². The second-order valence-electron chi connectivity index (χ2n) is 6.16. The Morgan fingerprint density at radius 3 is 2.62 bits per heavy atom. The van der Waals surface area contributed by atoms with Gasteiger partial charge in [0.15, 0.2) is 0 Å². The lowest BCUT2D eigenvalue weighted by Gasteiger charge is -2.21. The second kappa shape index (κ2) is 6.13. The van der Waals surface area contributed by atoms with Gasteiger partial charge in [-0.2, -0.15) is 0 Å². The molecule has 1 N–H and O–H groups in total. The number of benzene rings is 2. The minimum atomic E-state index is -0.249. The summed E-state index contributed by atoms with van der Waals surface area (Å²) in [5, 5.41) is 11.0. The van der Waals surface area contributed by atoms with Gasteiger partial charge in [-0.15, -0.1) is 0 Å². The highest BCUT2D eigenvalue weighted by Gasteiger charge is 2.22. The maximum Gasteiger partial charge on any atom is 0.118 e. The summed E-state index contributed by atoms with van der Waals surface area (Å²) in [6.45, 7) is 1.55. The van der Waals surface area contributed by atoms with E-state index in [1.165, 1.54) is 0 Å². The first-order valence-electron chi connectivity index (χ1n) is 8.22. The smallest absolute Gasteiger partial charge is 0.118 e. The highest BCUT2D eigenvalue weighted by molar-refractivity contribution is 5.94. The van der Waals surface area contributed by atoms with Crippen LogP contribution in [0.2, 0.25) is 0 Å². The van der Waals surface area contributed by atoms with Crippen LogP contribution in [-0.2, 0) is 0 Å². The molecular weight excluding hydrogens is 300 g/mol. The van der Waals surface area contributed by atoms with Gasteiger partial charge in [0.25, 0.3) is 0 Å². The average Bonchev–Trinajstić information content (AvgIpc) is 3.07. The fraction of sp³-hybridized carbons (Fsp3) is 0.250. The van der Waals surface area contributed by atoms with Gasteiger partial charge < -0.3 is 14.7 Å². The standard InChI is InChI=1S/C20H20N2O2/c1-24-16-8-6-14(7-9-16)19-12-20(22-11-10-15(23)13-22)17-4-2-3-5-18(17)21-19/h2-9,12,15,23H,10-11,13H2,1H3/t15-/m1/s1. The number of hydrogen-bond acceptors (Lipinski definition) is 4. The van der Waals surface area contributed by atoms with Crippen LogP contribution in [0.1, 0.15) is 6.42 Å². The first-order valence-corrected chi connectivity index (χ1v) is 8.22. The Labute approximate surface area is 141 Å². The number of methoxy groups -OCH3 is 1. The van der Waals surface area contributed by atoms with Gasteiger partial charge in [-0.25, -0.2) is 4.98 Å². The van der Waals surface area contributed by atoms with Crippen molar-refractivity contribution in [2.45, 2.75) is 12.5 Å². The molecule has 0 bridgehead atoms. The molecule has 1 saturated heterocycles. The normalized spacial score (nSPS) is 17.4. The van der Waals surface area contributed by atoms with Gasteiger partial charge in [0.2, 0.25) is 0 Å². The largest absolute Gasteiger partial charge is 0.497 e. The number of aromatic nitrogens is 1. The molecule has 0 aliphatic carbocycles. The molecule has 2 aromatic carbocycles. The number of para-hydroxylation sites is 1. The number of aliphatic hydroxyl groups excluding tert-OH is 1. The molecule has 1 aromatic heterocycles. The number of fused-ring (bicyclic) bond motifs is 1. The van der Waals surface area contributed by atoms with Crippen LogP contribution in [0.4, 0.5) is 5.69 Å². The Kier molecular flexibility index (Phi) is 3.82. The Bertz CT molecular complexity index is 861. The first-order chi connectivity index (χ1) is 11.7. The summed E-state index contributed by atoms with van der Waals surface area (Å²) in [7, 11) is 1.67. The van der Waals surface area contributed by atoms with E-state index < -0.39 is 0 Å². The third kappa shape index (κ3) is 2.69. The van der Waals surface area contributed by atoms with Gasteiger partial charge in [0.1, 0.15) is 5.75 Å². The first kappa shape index (κ1) is 15.0. The highest BCUT2D eigenvalue weighted by Crippen LogP contribution is 2.33. The summed E-state index contributed by atoms with van der Waals surface area (Å²) in [5.41, 5.74) is 4.11. The van der Waals surface area contributed by atoms with Crippen LogP contribution in [0.25, 0.3) is 22.2 Å². The molecule has 1 aliphatic rings. The molecule has 0 amide bonds. The molecule has 1 fully saturated rings. The third-order valence-corrected chi connectivity index (χ3v) is 4.58. The SMILES string of the molecule is COc1ccc(-c2cc(N3CC[C@@H](O)C3)c3ccccc3n2)cc1. The summed E-state index contributed by atoms with van der Waals surface area (Å²) < 4.78 is 5.24. The molecule has 4 nitrogen and oxygen atoms in total. The van der Waals surface area contributed by atoms with Gasteiger partial charge in [-0.1, -0.05) is 18.2 Å². The van der Waals surface area contributed by atoms with E-state index in [0.29, 0.717) is 6.54 Å². The number of β-amino-alcohol motifs (C(OH)–C–C–N with tert-alkyl or cyclic N) is 1. The maximum atomic E-state index is 9.91. The Balaban J connectivity index is 1.84. The monoisotopic (exact) mass is 320 g/mol. The van der Waals surface area contributed by atoms with Crippen LogP contribution in [0, 0.1) is 0 Å². The fourth-order valence-electron chi connectivity index (χ4n) is 3.29. The average molecular weight is 320 g/mol. The number of anilines is 1. The predicted octanol–water partition coefficient (Wildman–Crippen LogP) is 3.48. The van der Waals surface area contributed by atoms with E-state index in [4.69, 9.17) is 9.72 Å². The molecule has 0 saturated carbocycles. The van der Waals surface area contributed by atoms with Crippen molar-refractivity contribution in [3.8, 4) is 17.0 Å². The van der Waals surface area contributed by atoms with Crippen LogP contribution in [0.5, 0.6) is 5.75 Å². The van der Waals surface area contributed by atoms with E-state index in [1.54, 1.807) is 7.11 Å². The molecule has 2 heterocycles. The minimum Gasteiger partial charge on any atom is -0.497 e. The molecule has 0 spiro atoms. The van der Waals surface area contributed by atoms with Crippen molar-refractivity contribution >= 4 is 16.6 Å². The van der Waals surface area contributed by atoms with Crippen LogP contribution < -0.4 is 9.64 Å². The third-order valence-electron chi connectivity index (χ3n) is 4.58. The molecule has 4 heteroatoms. The van der Waals surface area contributed by atoms with Crippen molar-refractivity contribution in [3.63, 3.8) is 0 Å². The zero-order chi connectivity index (χ0) is 16.5. The van der Waals surface area contributed by atoms with Gasteiger partial charge in [0, 0.05) is 29.7 Å².